The molecule has 0 bridgehead atoms. The van der Waals surface area contributed by atoms with Crippen molar-refractivity contribution in [3.8, 4) is 0 Å². The molecular weight excluding hydrogens is 344 g/mol. The van der Waals surface area contributed by atoms with Crippen molar-refractivity contribution in [1.82, 2.24) is 0 Å². The Bertz CT molecular complexity index is 350. The summed E-state index contributed by atoms with van der Waals surface area (Å²) in [5, 5.41) is 28.7. The van der Waals surface area contributed by atoms with E-state index in [9.17, 15) is 15.3 Å². The highest BCUT2D eigenvalue weighted by Crippen LogP contribution is 2.20. The predicted octanol–water partition coefficient (Wildman–Crippen LogP) is 3.74. The van der Waals surface area contributed by atoms with Crippen LogP contribution in [-0.2, 0) is 9.47 Å². The number of hydrogen-bond acceptors (Lipinski definition) is 5. The van der Waals surface area contributed by atoms with E-state index in [4.69, 9.17) is 9.47 Å². The van der Waals surface area contributed by atoms with E-state index in [1.165, 1.54) is 64.2 Å². The zero-order chi connectivity index (χ0) is 19.7. The predicted molar refractivity (Wildman–Crippen MR) is 109 cm³/mol. The van der Waals surface area contributed by atoms with Gasteiger partial charge in [0.1, 0.15) is 24.4 Å². The first-order valence-corrected chi connectivity index (χ1v) is 11.0. The highest BCUT2D eigenvalue weighted by molar-refractivity contribution is 4.88. The standard InChI is InChI=1S/C22H42O5/c1-2-3-4-5-6-7-8-9-10-11-12-13-14-15-16-26-20(17-23)22-21(25)19(24)18-27-22/h2,19-25H,1,3-18H2/t19-,20+,21+,22+/m1/s1. The SMILES string of the molecule is C=CCCCCCCCCCCCCCCO[C@@H](CO)[C@@H]1OC[C@@H](O)[C@@H]1O. The van der Waals surface area contributed by atoms with Crippen LogP contribution in [0.1, 0.15) is 83.5 Å². The van der Waals surface area contributed by atoms with Gasteiger partial charge >= 0.3 is 0 Å². The van der Waals surface area contributed by atoms with Crippen molar-refractivity contribution in [2.45, 2.75) is 108 Å². The molecule has 1 saturated heterocycles. The van der Waals surface area contributed by atoms with Gasteiger partial charge in [-0.05, 0) is 19.3 Å². The fourth-order valence-electron chi connectivity index (χ4n) is 3.60. The van der Waals surface area contributed by atoms with Crippen LogP contribution in [-0.4, -0.2) is 59.6 Å². The van der Waals surface area contributed by atoms with Gasteiger partial charge in [0, 0.05) is 6.61 Å². The minimum absolute atomic E-state index is 0.0982. The molecule has 1 aliphatic heterocycles. The lowest BCUT2D eigenvalue weighted by Crippen LogP contribution is -2.42. The Balaban J connectivity index is 1.85. The van der Waals surface area contributed by atoms with Crippen molar-refractivity contribution in [3.63, 3.8) is 0 Å². The molecule has 0 aromatic rings. The summed E-state index contributed by atoms with van der Waals surface area (Å²) >= 11 is 0. The van der Waals surface area contributed by atoms with E-state index in [-0.39, 0.29) is 13.2 Å². The number of aliphatic hydroxyl groups excluding tert-OH is 3. The van der Waals surface area contributed by atoms with Gasteiger partial charge in [-0.3, -0.25) is 0 Å². The number of allylic oxidation sites excluding steroid dienone is 1. The molecule has 0 radical (unpaired) electrons. The highest BCUT2D eigenvalue weighted by Gasteiger charge is 2.40. The molecule has 0 amide bonds. The maximum atomic E-state index is 9.81. The zero-order valence-electron chi connectivity index (χ0n) is 17.1. The Labute approximate surface area is 165 Å². The Morgan fingerprint density at radius 2 is 1.41 bits per heavy atom. The second-order valence-corrected chi connectivity index (χ2v) is 7.77. The second kappa shape index (κ2) is 16.5. The average molecular weight is 387 g/mol. The van der Waals surface area contributed by atoms with Gasteiger partial charge in [-0.2, -0.15) is 0 Å². The minimum atomic E-state index is -0.978. The van der Waals surface area contributed by atoms with E-state index in [0.29, 0.717) is 6.61 Å². The maximum Gasteiger partial charge on any atom is 0.114 e. The summed E-state index contributed by atoms with van der Waals surface area (Å²) in [6.45, 7) is 4.20. The van der Waals surface area contributed by atoms with Crippen LogP contribution in [0.5, 0.6) is 0 Å². The zero-order valence-corrected chi connectivity index (χ0v) is 17.1. The van der Waals surface area contributed by atoms with Gasteiger partial charge in [-0.15, -0.1) is 6.58 Å². The number of ether oxygens (including phenoxy) is 2. The van der Waals surface area contributed by atoms with Crippen LogP contribution in [0, 0.1) is 0 Å². The molecule has 1 aliphatic rings. The third-order valence-electron chi connectivity index (χ3n) is 5.37. The largest absolute Gasteiger partial charge is 0.394 e. The molecule has 3 N–H and O–H groups in total. The van der Waals surface area contributed by atoms with Gasteiger partial charge in [0.2, 0.25) is 0 Å². The van der Waals surface area contributed by atoms with Gasteiger partial charge in [-0.25, -0.2) is 0 Å². The maximum absolute atomic E-state index is 9.81. The lowest BCUT2D eigenvalue weighted by molar-refractivity contribution is -0.101. The molecule has 27 heavy (non-hydrogen) atoms. The summed E-state index contributed by atoms with van der Waals surface area (Å²) in [6.07, 6.45) is 15.4. The van der Waals surface area contributed by atoms with Crippen molar-refractivity contribution < 1.29 is 24.8 Å². The summed E-state index contributed by atoms with van der Waals surface area (Å²) in [4.78, 5) is 0. The highest BCUT2D eigenvalue weighted by atomic mass is 16.6. The van der Waals surface area contributed by atoms with Crippen LogP contribution in [0.15, 0.2) is 12.7 Å². The number of rotatable bonds is 18. The van der Waals surface area contributed by atoms with Crippen LogP contribution in [0.25, 0.3) is 0 Å². The first-order valence-electron chi connectivity index (χ1n) is 11.0. The van der Waals surface area contributed by atoms with Crippen LogP contribution >= 0.6 is 0 Å². The normalized spacial score (nSPS) is 23.6. The second-order valence-electron chi connectivity index (χ2n) is 7.77. The summed E-state index contributed by atoms with van der Waals surface area (Å²) < 4.78 is 11.0. The van der Waals surface area contributed by atoms with Gasteiger partial charge in [0.25, 0.3) is 0 Å². The monoisotopic (exact) mass is 386 g/mol. The number of hydrogen-bond donors (Lipinski definition) is 3. The quantitative estimate of drug-likeness (QED) is 0.247. The molecule has 5 nitrogen and oxygen atoms in total. The molecule has 0 unspecified atom stereocenters. The Morgan fingerprint density at radius 1 is 0.889 bits per heavy atom. The molecule has 1 heterocycles. The third-order valence-corrected chi connectivity index (χ3v) is 5.37. The fraction of sp³-hybridized carbons (Fsp3) is 0.909. The molecule has 5 heteroatoms. The van der Waals surface area contributed by atoms with Crippen LogP contribution in [0.2, 0.25) is 0 Å². The number of unbranched alkanes of at least 4 members (excludes halogenated alkanes) is 12. The molecule has 0 spiro atoms. The van der Waals surface area contributed by atoms with Crippen LogP contribution in [0.4, 0.5) is 0 Å². The van der Waals surface area contributed by atoms with Crippen LogP contribution in [0.3, 0.4) is 0 Å². The molecule has 0 aliphatic carbocycles. The molecule has 1 fully saturated rings. The van der Waals surface area contributed by atoms with E-state index >= 15 is 0 Å². The minimum Gasteiger partial charge on any atom is -0.394 e. The third kappa shape index (κ3) is 11.2. The molecule has 0 aromatic heterocycles. The van der Waals surface area contributed by atoms with Gasteiger partial charge in [-0.1, -0.05) is 70.3 Å². The Morgan fingerprint density at radius 3 is 1.85 bits per heavy atom. The summed E-state index contributed by atoms with van der Waals surface area (Å²) in [7, 11) is 0. The van der Waals surface area contributed by atoms with E-state index in [1.54, 1.807) is 0 Å². The molecule has 4 atom stereocenters. The van der Waals surface area contributed by atoms with Crippen molar-refractivity contribution in [3.05, 3.63) is 12.7 Å². The summed E-state index contributed by atoms with van der Waals surface area (Å²) in [6, 6.07) is 0. The molecular formula is C22H42O5. The number of aliphatic hydroxyl groups is 3. The Kier molecular flexibility index (Phi) is 15.0. The van der Waals surface area contributed by atoms with Gasteiger partial charge in [0.15, 0.2) is 0 Å². The van der Waals surface area contributed by atoms with Crippen molar-refractivity contribution in [2.75, 3.05) is 19.8 Å². The van der Waals surface area contributed by atoms with Crippen LogP contribution < -0.4 is 0 Å². The van der Waals surface area contributed by atoms with E-state index in [2.05, 4.69) is 6.58 Å². The first-order chi connectivity index (χ1) is 13.2. The topological polar surface area (TPSA) is 79.2 Å². The molecule has 0 saturated carbocycles. The lowest BCUT2D eigenvalue weighted by atomic mass is 10.0. The van der Waals surface area contributed by atoms with E-state index in [1.807, 2.05) is 6.08 Å². The Hall–Kier alpha value is -0.460. The molecule has 1 rings (SSSR count). The van der Waals surface area contributed by atoms with Gasteiger partial charge < -0.3 is 24.8 Å². The fourth-order valence-corrected chi connectivity index (χ4v) is 3.60. The van der Waals surface area contributed by atoms with E-state index < -0.39 is 24.4 Å². The van der Waals surface area contributed by atoms with Crippen molar-refractivity contribution >= 4 is 0 Å². The lowest BCUT2D eigenvalue weighted by Gasteiger charge is -2.24. The van der Waals surface area contributed by atoms with Crippen molar-refractivity contribution in [2.24, 2.45) is 0 Å². The molecule has 0 aromatic carbocycles. The first kappa shape index (κ1) is 24.6. The molecule has 160 valence electrons. The van der Waals surface area contributed by atoms with Crippen molar-refractivity contribution in [1.29, 1.82) is 0 Å². The average Bonchev–Trinajstić information content (AvgIpc) is 3.00. The van der Waals surface area contributed by atoms with Gasteiger partial charge in [0.05, 0.1) is 13.2 Å². The summed E-state index contributed by atoms with van der Waals surface area (Å²) in [5.74, 6) is 0. The van der Waals surface area contributed by atoms with E-state index in [0.717, 1.165) is 19.3 Å². The smallest absolute Gasteiger partial charge is 0.114 e. The summed E-state index contributed by atoms with van der Waals surface area (Å²) in [5.41, 5.74) is 0.